The predicted octanol–water partition coefficient (Wildman–Crippen LogP) is 6.18. The standard InChI is InChI=1S/C27H31ClFN3O2/c28-21-5-3-20(4-6-21)27(33)30-23-8-1-18(2-9-23)11-14-32-15-12-19(13-16-32)26-24-10-7-22(29)17-25(24)34-31-26/h3-7,10,17-19,23H,1-2,8-9,11-16H2,(H,30,33). The Labute approximate surface area is 204 Å². The molecule has 1 saturated heterocycles. The van der Waals surface area contributed by atoms with Crippen LogP contribution in [0, 0.1) is 11.7 Å². The van der Waals surface area contributed by atoms with Crippen LogP contribution >= 0.6 is 11.6 Å². The summed E-state index contributed by atoms with van der Waals surface area (Å²) in [5, 5.41) is 9.03. The maximum absolute atomic E-state index is 13.4. The molecule has 1 aromatic heterocycles. The monoisotopic (exact) mass is 483 g/mol. The number of hydrogen-bond acceptors (Lipinski definition) is 4. The molecule has 34 heavy (non-hydrogen) atoms. The molecular weight excluding hydrogens is 453 g/mol. The number of benzene rings is 2. The second-order valence-electron chi connectivity index (χ2n) is 9.81. The lowest BCUT2D eigenvalue weighted by atomic mass is 9.83. The molecule has 2 heterocycles. The summed E-state index contributed by atoms with van der Waals surface area (Å²) in [6, 6.07) is 12.0. The highest BCUT2D eigenvalue weighted by molar-refractivity contribution is 6.30. The first-order valence-corrected chi connectivity index (χ1v) is 12.8. The van der Waals surface area contributed by atoms with Gasteiger partial charge in [-0.05, 0) is 107 Å². The van der Waals surface area contributed by atoms with Crippen molar-refractivity contribution in [2.75, 3.05) is 19.6 Å². The predicted molar refractivity (Wildman–Crippen MR) is 132 cm³/mol. The van der Waals surface area contributed by atoms with E-state index in [0.717, 1.165) is 62.3 Å². The quantitative estimate of drug-likeness (QED) is 0.455. The molecule has 1 N–H and O–H groups in total. The number of hydrogen-bond donors (Lipinski definition) is 1. The Morgan fingerprint density at radius 1 is 1.06 bits per heavy atom. The van der Waals surface area contributed by atoms with E-state index < -0.39 is 0 Å². The van der Waals surface area contributed by atoms with Crippen LogP contribution in [0.2, 0.25) is 5.02 Å². The van der Waals surface area contributed by atoms with Crippen LogP contribution in [-0.2, 0) is 0 Å². The van der Waals surface area contributed by atoms with Gasteiger partial charge in [-0.1, -0.05) is 16.8 Å². The van der Waals surface area contributed by atoms with Crippen LogP contribution in [-0.4, -0.2) is 41.6 Å². The molecule has 0 unspecified atom stereocenters. The number of rotatable bonds is 6. The molecular formula is C27H31ClFN3O2. The SMILES string of the molecule is O=C(NC1CCC(CCN2CCC(c3noc4cc(F)ccc34)CC2)CC1)c1ccc(Cl)cc1. The second-order valence-corrected chi connectivity index (χ2v) is 10.2. The van der Waals surface area contributed by atoms with Gasteiger partial charge < -0.3 is 14.7 Å². The van der Waals surface area contributed by atoms with E-state index in [0.29, 0.717) is 22.1 Å². The zero-order valence-corrected chi connectivity index (χ0v) is 20.1. The number of amides is 1. The van der Waals surface area contributed by atoms with E-state index in [9.17, 15) is 9.18 Å². The van der Waals surface area contributed by atoms with Crippen LogP contribution in [0.15, 0.2) is 47.0 Å². The number of halogens is 2. The van der Waals surface area contributed by atoms with E-state index in [1.54, 1.807) is 30.3 Å². The highest BCUT2D eigenvalue weighted by Crippen LogP contribution is 2.33. The normalized spacial score (nSPS) is 22.2. The average molecular weight is 484 g/mol. The molecule has 2 aromatic carbocycles. The van der Waals surface area contributed by atoms with Crippen LogP contribution in [0.25, 0.3) is 11.0 Å². The van der Waals surface area contributed by atoms with Gasteiger partial charge in [0.15, 0.2) is 5.58 Å². The first-order valence-electron chi connectivity index (χ1n) is 12.4. The highest BCUT2D eigenvalue weighted by atomic mass is 35.5. The molecule has 5 nitrogen and oxygen atoms in total. The van der Waals surface area contributed by atoms with Crippen molar-refractivity contribution in [1.29, 1.82) is 0 Å². The fourth-order valence-electron chi connectivity index (χ4n) is 5.49. The van der Waals surface area contributed by atoms with Crippen LogP contribution in [0.3, 0.4) is 0 Å². The highest BCUT2D eigenvalue weighted by Gasteiger charge is 2.27. The Morgan fingerprint density at radius 3 is 2.53 bits per heavy atom. The maximum atomic E-state index is 13.4. The van der Waals surface area contributed by atoms with E-state index in [1.165, 1.54) is 31.4 Å². The lowest BCUT2D eigenvalue weighted by Gasteiger charge is -2.34. The number of aromatic nitrogens is 1. The number of piperidine rings is 1. The zero-order valence-electron chi connectivity index (χ0n) is 19.3. The van der Waals surface area contributed by atoms with Crippen molar-refractivity contribution in [1.82, 2.24) is 15.4 Å². The van der Waals surface area contributed by atoms with Gasteiger partial charge in [-0.2, -0.15) is 0 Å². The summed E-state index contributed by atoms with van der Waals surface area (Å²) in [6.07, 6.45) is 7.77. The molecule has 2 fully saturated rings. The molecule has 1 aliphatic heterocycles. The second kappa shape index (κ2) is 10.4. The maximum Gasteiger partial charge on any atom is 0.251 e. The third-order valence-corrected chi connectivity index (χ3v) is 7.83. The summed E-state index contributed by atoms with van der Waals surface area (Å²) < 4.78 is 18.8. The summed E-state index contributed by atoms with van der Waals surface area (Å²) in [4.78, 5) is 15.0. The minimum absolute atomic E-state index is 0.00647. The summed E-state index contributed by atoms with van der Waals surface area (Å²) in [7, 11) is 0. The average Bonchev–Trinajstić information content (AvgIpc) is 3.27. The van der Waals surface area contributed by atoms with Gasteiger partial charge in [0.25, 0.3) is 5.91 Å². The number of fused-ring (bicyclic) bond motifs is 1. The van der Waals surface area contributed by atoms with Crippen LogP contribution in [0.1, 0.15) is 66.9 Å². The van der Waals surface area contributed by atoms with Crippen LogP contribution < -0.4 is 5.32 Å². The third-order valence-electron chi connectivity index (χ3n) is 7.58. The molecule has 0 atom stereocenters. The Hall–Kier alpha value is -2.44. The first-order chi connectivity index (χ1) is 16.5. The summed E-state index contributed by atoms with van der Waals surface area (Å²) in [6.45, 7) is 3.25. The van der Waals surface area contributed by atoms with Gasteiger partial charge in [0, 0.05) is 34.0 Å². The fourth-order valence-corrected chi connectivity index (χ4v) is 5.61. The number of likely N-dealkylation sites (tertiary alicyclic amines) is 1. The van der Waals surface area contributed by atoms with E-state index in [-0.39, 0.29) is 17.8 Å². The fraction of sp³-hybridized carbons (Fsp3) is 0.481. The topological polar surface area (TPSA) is 58.4 Å². The number of carbonyl (C=O) groups is 1. The molecule has 5 rings (SSSR count). The van der Waals surface area contributed by atoms with Crippen LogP contribution in [0.5, 0.6) is 0 Å². The Balaban J connectivity index is 1.03. The van der Waals surface area contributed by atoms with Gasteiger partial charge in [-0.3, -0.25) is 4.79 Å². The lowest BCUT2D eigenvalue weighted by Crippen LogP contribution is -2.38. The minimum atomic E-state index is -0.289. The molecule has 0 radical (unpaired) electrons. The molecule has 1 amide bonds. The van der Waals surface area contributed by atoms with Gasteiger partial charge in [0.2, 0.25) is 0 Å². The molecule has 7 heteroatoms. The molecule has 3 aromatic rings. The van der Waals surface area contributed by atoms with Crippen molar-refractivity contribution < 1.29 is 13.7 Å². The smallest absolute Gasteiger partial charge is 0.251 e. The van der Waals surface area contributed by atoms with Crippen molar-refractivity contribution in [3.05, 3.63) is 64.6 Å². The summed E-state index contributed by atoms with van der Waals surface area (Å²) in [5.74, 6) is 0.814. The summed E-state index contributed by atoms with van der Waals surface area (Å²) in [5.41, 5.74) is 2.19. The van der Waals surface area contributed by atoms with E-state index in [4.69, 9.17) is 16.1 Å². The first kappa shape index (κ1) is 23.3. The van der Waals surface area contributed by atoms with E-state index >= 15 is 0 Å². The molecule has 1 aliphatic carbocycles. The molecule has 1 saturated carbocycles. The van der Waals surface area contributed by atoms with E-state index in [1.807, 2.05) is 0 Å². The van der Waals surface area contributed by atoms with E-state index in [2.05, 4.69) is 15.4 Å². The zero-order chi connectivity index (χ0) is 23.5. The van der Waals surface area contributed by atoms with Gasteiger partial charge in [-0.25, -0.2) is 4.39 Å². The van der Waals surface area contributed by atoms with Gasteiger partial charge in [0.05, 0.1) is 5.69 Å². The summed E-state index contributed by atoms with van der Waals surface area (Å²) >= 11 is 5.91. The van der Waals surface area contributed by atoms with Crippen molar-refractivity contribution in [3.63, 3.8) is 0 Å². The molecule has 0 spiro atoms. The Morgan fingerprint density at radius 2 is 1.79 bits per heavy atom. The molecule has 2 aliphatic rings. The van der Waals surface area contributed by atoms with Gasteiger partial charge in [-0.15, -0.1) is 0 Å². The third kappa shape index (κ3) is 5.44. The largest absolute Gasteiger partial charge is 0.356 e. The Kier molecular flexibility index (Phi) is 7.16. The van der Waals surface area contributed by atoms with Crippen molar-refractivity contribution in [2.45, 2.75) is 56.9 Å². The number of nitrogens with zero attached hydrogens (tertiary/aromatic N) is 2. The van der Waals surface area contributed by atoms with Crippen LogP contribution in [0.4, 0.5) is 4.39 Å². The Bertz CT molecular complexity index is 1120. The van der Waals surface area contributed by atoms with Crippen molar-refractivity contribution in [2.24, 2.45) is 5.92 Å². The number of nitrogens with one attached hydrogen (secondary N) is 1. The molecule has 0 bridgehead atoms. The number of carbonyl (C=O) groups excluding carboxylic acids is 1. The van der Waals surface area contributed by atoms with Gasteiger partial charge >= 0.3 is 0 Å². The van der Waals surface area contributed by atoms with Crippen molar-refractivity contribution in [3.8, 4) is 0 Å². The lowest BCUT2D eigenvalue weighted by molar-refractivity contribution is 0.0919. The van der Waals surface area contributed by atoms with Crippen molar-refractivity contribution >= 4 is 28.5 Å². The van der Waals surface area contributed by atoms with Gasteiger partial charge in [0.1, 0.15) is 5.82 Å². The molecule has 180 valence electrons. The minimum Gasteiger partial charge on any atom is -0.356 e.